The number of halogens is 2. The molecule has 0 unspecified atom stereocenters. The van der Waals surface area contributed by atoms with Gasteiger partial charge >= 0.3 is 5.97 Å². The van der Waals surface area contributed by atoms with Crippen molar-refractivity contribution in [2.75, 3.05) is 5.32 Å². The third-order valence-electron chi connectivity index (χ3n) is 4.30. The molecule has 1 amide bonds. The summed E-state index contributed by atoms with van der Waals surface area (Å²) in [6.07, 6.45) is 0.163. The average Bonchev–Trinajstić information content (AvgIpc) is 2.60. The molecule has 0 saturated carbocycles. The minimum Gasteiger partial charge on any atom is -0.480 e. The van der Waals surface area contributed by atoms with E-state index in [0.717, 1.165) is 5.56 Å². The Bertz CT molecular complexity index is 856. The number of aliphatic carboxylic acids is 1. The number of nitrogens with two attached hydrogens (primary N) is 1. The molecule has 8 heteroatoms. The summed E-state index contributed by atoms with van der Waals surface area (Å²) in [5.74, 6) is -1.33. The predicted molar refractivity (Wildman–Crippen MR) is 101 cm³/mol. The molecule has 0 spiro atoms. The molecule has 26 heavy (non-hydrogen) atoms. The Kier molecular flexibility index (Phi) is 5.36. The molecule has 0 saturated heterocycles. The second-order valence-electron chi connectivity index (χ2n) is 6.05. The van der Waals surface area contributed by atoms with Gasteiger partial charge in [0.2, 0.25) is 0 Å². The highest BCUT2D eigenvalue weighted by Gasteiger charge is 2.33. The Morgan fingerprint density at radius 3 is 2.54 bits per heavy atom. The van der Waals surface area contributed by atoms with Crippen LogP contribution in [0, 0.1) is 0 Å². The fraction of sp³-hybridized carbons (Fsp3) is 0.222. The maximum Gasteiger partial charge on any atom is 0.326 e. The highest BCUT2D eigenvalue weighted by atomic mass is 35.5. The molecule has 0 aromatic heterocycles. The van der Waals surface area contributed by atoms with Gasteiger partial charge in [-0.3, -0.25) is 4.79 Å². The first kappa shape index (κ1) is 18.5. The Labute approximate surface area is 160 Å². The van der Waals surface area contributed by atoms with Gasteiger partial charge in [-0.2, -0.15) is 0 Å². The van der Waals surface area contributed by atoms with Crippen LogP contribution in [0.5, 0.6) is 0 Å². The van der Waals surface area contributed by atoms with E-state index in [2.05, 4.69) is 10.6 Å². The van der Waals surface area contributed by atoms with Crippen LogP contribution >= 0.6 is 23.2 Å². The lowest BCUT2D eigenvalue weighted by Gasteiger charge is -2.32. The summed E-state index contributed by atoms with van der Waals surface area (Å²) in [5.41, 5.74) is 8.06. The minimum atomic E-state index is -1.02. The number of nitrogens with one attached hydrogen (secondary N) is 2. The monoisotopic (exact) mass is 393 g/mol. The highest BCUT2D eigenvalue weighted by Crippen LogP contribution is 2.40. The lowest BCUT2D eigenvalue weighted by molar-refractivity contribution is -0.138. The van der Waals surface area contributed by atoms with Crippen molar-refractivity contribution < 1.29 is 14.7 Å². The van der Waals surface area contributed by atoms with Gasteiger partial charge in [-0.1, -0.05) is 35.3 Å². The Balaban J connectivity index is 1.90. The molecule has 3 rings (SSSR count). The van der Waals surface area contributed by atoms with Gasteiger partial charge in [0.05, 0.1) is 6.04 Å². The fourth-order valence-corrected chi connectivity index (χ4v) is 3.61. The molecule has 136 valence electrons. The topological polar surface area (TPSA) is 104 Å². The number of rotatable bonds is 4. The predicted octanol–water partition coefficient (Wildman–Crippen LogP) is 3.19. The van der Waals surface area contributed by atoms with Crippen molar-refractivity contribution in [1.29, 1.82) is 0 Å². The first-order valence-corrected chi connectivity index (χ1v) is 8.72. The number of fused-ring (bicyclic) bond motifs is 1. The zero-order valence-electron chi connectivity index (χ0n) is 13.6. The number of hydrogen-bond acceptors (Lipinski definition) is 4. The summed E-state index contributed by atoms with van der Waals surface area (Å²) in [6, 6.07) is 8.67. The van der Waals surface area contributed by atoms with Gasteiger partial charge in [-0.15, -0.1) is 0 Å². The molecule has 0 bridgehead atoms. The number of carbonyl (C=O) groups is 2. The second kappa shape index (κ2) is 7.53. The molecule has 2 aromatic carbocycles. The molecular formula is C18H17Cl2N3O3. The number of amides is 1. The van der Waals surface area contributed by atoms with Gasteiger partial charge in [0.25, 0.3) is 5.91 Å². The van der Waals surface area contributed by atoms with E-state index >= 15 is 0 Å². The molecule has 0 fully saturated rings. The van der Waals surface area contributed by atoms with Crippen molar-refractivity contribution in [3.63, 3.8) is 0 Å². The zero-order chi connectivity index (χ0) is 18.8. The van der Waals surface area contributed by atoms with Gasteiger partial charge in [0.1, 0.15) is 6.04 Å². The number of benzene rings is 2. The van der Waals surface area contributed by atoms with Gasteiger partial charge in [-0.25, -0.2) is 4.79 Å². The van der Waals surface area contributed by atoms with Crippen LogP contribution in [0.1, 0.15) is 33.9 Å². The first-order valence-electron chi connectivity index (χ1n) is 7.97. The SMILES string of the molecule is NCc1ccc(C(=O)N[C@H]2C[C@H](C(=O)O)Nc3cc(Cl)cc(Cl)c32)cc1. The van der Waals surface area contributed by atoms with E-state index in [1.54, 1.807) is 36.4 Å². The normalized spacial score (nSPS) is 18.6. The Morgan fingerprint density at radius 1 is 1.23 bits per heavy atom. The van der Waals surface area contributed by atoms with Crippen LogP contribution in [0.4, 0.5) is 5.69 Å². The van der Waals surface area contributed by atoms with E-state index in [9.17, 15) is 14.7 Å². The van der Waals surface area contributed by atoms with Gasteiger partial charge < -0.3 is 21.5 Å². The van der Waals surface area contributed by atoms with E-state index in [1.807, 2.05) is 0 Å². The molecule has 1 aliphatic heterocycles. The van der Waals surface area contributed by atoms with Crippen LogP contribution in [0.15, 0.2) is 36.4 Å². The number of carboxylic acid groups (broad SMARTS) is 1. The smallest absolute Gasteiger partial charge is 0.326 e. The average molecular weight is 394 g/mol. The molecular weight excluding hydrogens is 377 g/mol. The van der Waals surface area contributed by atoms with Crippen LogP contribution < -0.4 is 16.4 Å². The Morgan fingerprint density at radius 2 is 1.92 bits per heavy atom. The van der Waals surface area contributed by atoms with E-state index in [0.29, 0.717) is 33.4 Å². The van der Waals surface area contributed by atoms with Gasteiger partial charge in [0, 0.05) is 39.8 Å². The van der Waals surface area contributed by atoms with Crippen LogP contribution in [0.25, 0.3) is 0 Å². The third kappa shape index (κ3) is 3.77. The van der Waals surface area contributed by atoms with Crippen molar-refractivity contribution >= 4 is 40.8 Å². The summed E-state index contributed by atoms with van der Waals surface area (Å²) in [4.78, 5) is 24.1. The summed E-state index contributed by atoms with van der Waals surface area (Å²) >= 11 is 12.3. The molecule has 6 nitrogen and oxygen atoms in total. The van der Waals surface area contributed by atoms with Gasteiger partial charge in [-0.05, 0) is 29.8 Å². The van der Waals surface area contributed by atoms with Crippen molar-refractivity contribution in [2.24, 2.45) is 5.73 Å². The molecule has 5 N–H and O–H groups in total. The molecule has 2 aromatic rings. The van der Waals surface area contributed by atoms with Crippen LogP contribution in [0.2, 0.25) is 10.0 Å². The lowest BCUT2D eigenvalue weighted by Crippen LogP contribution is -2.41. The largest absolute Gasteiger partial charge is 0.480 e. The maximum absolute atomic E-state index is 12.6. The third-order valence-corrected chi connectivity index (χ3v) is 4.83. The maximum atomic E-state index is 12.6. The second-order valence-corrected chi connectivity index (χ2v) is 6.89. The number of hydrogen-bond donors (Lipinski definition) is 4. The summed E-state index contributed by atoms with van der Waals surface area (Å²) in [6.45, 7) is 0.389. The van der Waals surface area contributed by atoms with Crippen LogP contribution in [-0.2, 0) is 11.3 Å². The number of anilines is 1. The summed E-state index contributed by atoms with van der Waals surface area (Å²) < 4.78 is 0. The molecule has 1 heterocycles. The van der Waals surface area contributed by atoms with E-state index in [1.165, 1.54) is 0 Å². The van der Waals surface area contributed by atoms with Gasteiger partial charge in [0.15, 0.2) is 0 Å². The molecule has 0 radical (unpaired) electrons. The van der Waals surface area contributed by atoms with E-state index in [4.69, 9.17) is 28.9 Å². The summed E-state index contributed by atoms with van der Waals surface area (Å²) in [7, 11) is 0. The number of carbonyl (C=O) groups excluding carboxylic acids is 1. The van der Waals surface area contributed by atoms with E-state index in [-0.39, 0.29) is 12.3 Å². The molecule has 1 aliphatic rings. The quantitative estimate of drug-likeness (QED) is 0.638. The van der Waals surface area contributed by atoms with Crippen LogP contribution in [-0.4, -0.2) is 23.0 Å². The number of carboxylic acids is 1. The van der Waals surface area contributed by atoms with Crippen molar-refractivity contribution in [2.45, 2.75) is 25.0 Å². The summed E-state index contributed by atoms with van der Waals surface area (Å²) in [5, 5.41) is 15.9. The molecule has 0 aliphatic carbocycles. The van der Waals surface area contributed by atoms with Crippen molar-refractivity contribution in [3.8, 4) is 0 Å². The van der Waals surface area contributed by atoms with Crippen molar-refractivity contribution in [1.82, 2.24) is 5.32 Å². The Hall–Kier alpha value is -2.28. The zero-order valence-corrected chi connectivity index (χ0v) is 15.1. The standard InChI is InChI=1S/C18H17Cl2N3O3/c19-11-5-12(20)16-13(6-11)22-15(18(25)26)7-14(16)23-17(24)10-3-1-9(8-21)2-4-10/h1-6,14-15,22H,7-8,21H2,(H,23,24)(H,25,26)/t14-,15+/m0/s1. The van der Waals surface area contributed by atoms with E-state index < -0.39 is 18.1 Å². The highest BCUT2D eigenvalue weighted by molar-refractivity contribution is 6.35. The first-order chi connectivity index (χ1) is 12.4. The fourth-order valence-electron chi connectivity index (χ4n) is 2.99. The lowest BCUT2D eigenvalue weighted by atomic mass is 9.92. The minimum absolute atomic E-state index is 0.163. The van der Waals surface area contributed by atoms with Crippen molar-refractivity contribution in [3.05, 3.63) is 63.1 Å². The van der Waals surface area contributed by atoms with Crippen LogP contribution in [0.3, 0.4) is 0 Å². The molecule has 2 atom stereocenters.